The van der Waals surface area contributed by atoms with Crippen molar-refractivity contribution in [2.24, 2.45) is 10.3 Å². The van der Waals surface area contributed by atoms with E-state index in [2.05, 4.69) is 0 Å². The molecule has 0 aromatic heterocycles. The van der Waals surface area contributed by atoms with Gasteiger partial charge < -0.3 is 5.11 Å². The molecule has 0 aliphatic carbocycles. The van der Waals surface area contributed by atoms with E-state index in [9.17, 15) is 0 Å². The molecule has 3 nitrogen and oxygen atoms in total. The van der Waals surface area contributed by atoms with E-state index < -0.39 is 0 Å². The molecule has 1 aromatic carbocycles. The van der Waals surface area contributed by atoms with Gasteiger partial charge in [0.05, 0.1) is 6.61 Å². The first-order chi connectivity index (χ1) is 5.81. The maximum atomic E-state index is 8.83. The Labute approximate surface area is 79.8 Å². The summed E-state index contributed by atoms with van der Waals surface area (Å²) in [5.74, 6) is 0. The van der Waals surface area contributed by atoms with Gasteiger partial charge in [0.25, 0.3) is 0 Å². The quantitative estimate of drug-likeness (QED) is 0.640. The largest absolute Gasteiger partial charge is 0.392 e. The highest BCUT2D eigenvalue weighted by molar-refractivity contribution is 8.00. The number of aliphatic hydroxyl groups is 1. The fourth-order valence-corrected chi connectivity index (χ4v) is 1.85. The summed E-state index contributed by atoms with van der Waals surface area (Å²) >= 11 is 2.29. The summed E-state index contributed by atoms with van der Waals surface area (Å²) in [4.78, 5) is 1.83. The van der Waals surface area contributed by atoms with Gasteiger partial charge in [-0.15, -0.1) is 0 Å². The number of nitrogens with two attached hydrogens (primary N) is 2. The third-order valence-electron chi connectivity index (χ3n) is 1.44. The van der Waals surface area contributed by atoms with Gasteiger partial charge in [-0.2, -0.15) is 0 Å². The topological polar surface area (TPSA) is 72.3 Å². The number of hydrogen-bond acceptors (Lipinski definition) is 5. The van der Waals surface area contributed by atoms with Crippen LogP contribution in [0.1, 0.15) is 5.56 Å². The monoisotopic (exact) mass is 202 g/mol. The Balaban J connectivity index is 3.02. The molecule has 0 aliphatic heterocycles. The zero-order chi connectivity index (χ0) is 8.97. The third-order valence-corrected chi connectivity index (χ3v) is 2.78. The van der Waals surface area contributed by atoms with Crippen LogP contribution in [0.5, 0.6) is 0 Å². The van der Waals surface area contributed by atoms with Crippen molar-refractivity contribution in [1.29, 1.82) is 0 Å². The first-order valence-corrected chi connectivity index (χ1v) is 5.05. The molecule has 0 bridgehead atoms. The molecule has 5 heteroatoms. The molecule has 0 saturated heterocycles. The number of rotatable bonds is 3. The maximum absolute atomic E-state index is 8.83. The van der Waals surface area contributed by atoms with Crippen LogP contribution < -0.4 is 10.3 Å². The smallest absolute Gasteiger partial charge is 0.0682 e. The molecule has 0 fully saturated rings. The predicted octanol–water partition coefficient (Wildman–Crippen LogP) is 1.11. The molecule has 0 unspecified atom stereocenters. The van der Waals surface area contributed by atoms with Crippen LogP contribution in [0.2, 0.25) is 0 Å². The molecule has 66 valence electrons. The van der Waals surface area contributed by atoms with Gasteiger partial charge in [-0.3, -0.25) is 10.3 Å². The minimum absolute atomic E-state index is 0.0308. The standard InChI is InChI=1S/C7H10N2OS2/c8-11-6-2-1-5(4-10)3-7(6)12-9/h1-3,10H,4,8-9H2. The molecule has 0 radical (unpaired) electrons. The summed E-state index contributed by atoms with van der Waals surface area (Å²) in [6, 6.07) is 5.51. The Morgan fingerprint density at radius 2 is 1.83 bits per heavy atom. The highest BCUT2D eigenvalue weighted by atomic mass is 32.2. The van der Waals surface area contributed by atoms with Crippen LogP contribution in [0.25, 0.3) is 0 Å². The van der Waals surface area contributed by atoms with E-state index in [1.807, 2.05) is 18.2 Å². The SMILES string of the molecule is NSc1ccc(CO)cc1SN. The van der Waals surface area contributed by atoms with Crippen molar-refractivity contribution in [3.63, 3.8) is 0 Å². The van der Waals surface area contributed by atoms with E-state index in [1.54, 1.807) is 0 Å². The number of benzene rings is 1. The van der Waals surface area contributed by atoms with Crippen LogP contribution in [0.3, 0.4) is 0 Å². The number of hydrogen-bond donors (Lipinski definition) is 3. The lowest BCUT2D eigenvalue weighted by atomic mass is 10.2. The summed E-state index contributed by atoms with van der Waals surface area (Å²) in [6.07, 6.45) is 0. The van der Waals surface area contributed by atoms with E-state index >= 15 is 0 Å². The third kappa shape index (κ3) is 2.15. The molecular formula is C7H10N2OS2. The average molecular weight is 202 g/mol. The number of aliphatic hydroxyl groups excluding tert-OH is 1. The van der Waals surface area contributed by atoms with Gasteiger partial charge >= 0.3 is 0 Å². The van der Waals surface area contributed by atoms with Crippen molar-refractivity contribution in [3.05, 3.63) is 23.8 Å². The molecule has 5 N–H and O–H groups in total. The van der Waals surface area contributed by atoms with Crippen LogP contribution in [0.15, 0.2) is 28.0 Å². The highest BCUT2D eigenvalue weighted by Gasteiger charge is 2.01. The summed E-state index contributed by atoms with van der Waals surface area (Å²) in [7, 11) is 0. The summed E-state index contributed by atoms with van der Waals surface area (Å²) in [5, 5.41) is 19.7. The molecule has 1 rings (SSSR count). The van der Waals surface area contributed by atoms with Crippen LogP contribution in [0, 0.1) is 0 Å². The Morgan fingerprint density at radius 1 is 1.17 bits per heavy atom. The molecule has 0 heterocycles. The lowest BCUT2D eigenvalue weighted by molar-refractivity contribution is 0.281. The first-order valence-electron chi connectivity index (χ1n) is 3.29. The van der Waals surface area contributed by atoms with Gasteiger partial charge in [-0.1, -0.05) is 6.07 Å². The molecule has 0 spiro atoms. The predicted molar refractivity (Wildman–Crippen MR) is 52.5 cm³/mol. The highest BCUT2D eigenvalue weighted by Crippen LogP contribution is 2.25. The second kappa shape index (κ2) is 4.74. The minimum atomic E-state index is 0.0308. The molecule has 0 aliphatic rings. The van der Waals surface area contributed by atoms with Gasteiger partial charge in [-0.25, -0.2) is 0 Å². The van der Waals surface area contributed by atoms with Gasteiger partial charge in [0.1, 0.15) is 0 Å². The van der Waals surface area contributed by atoms with Gasteiger partial charge in [0.2, 0.25) is 0 Å². The van der Waals surface area contributed by atoms with Crippen molar-refractivity contribution < 1.29 is 5.11 Å². The molecule has 0 saturated carbocycles. The van der Waals surface area contributed by atoms with E-state index in [1.165, 1.54) is 0 Å². The van der Waals surface area contributed by atoms with E-state index in [0.29, 0.717) is 0 Å². The van der Waals surface area contributed by atoms with Crippen molar-refractivity contribution in [2.75, 3.05) is 0 Å². The van der Waals surface area contributed by atoms with Crippen molar-refractivity contribution in [3.8, 4) is 0 Å². The Morgan fingerprint density at radius 3 is 2.33 bits per heavy atom. The van der Waals surface area contributed by atoms with Crippen LogP contribution in [-0.2, 0) is 6.61 Å². The molecule has 0 amide bonds. The van der Waals surface area contributed by atoms with Crippen LogP contribution in [-0.4, -0.2) is 5.11 Å². The Kier molecular flexibility index (Phi) is 3.90. The zero-order valence-corrected chi connectivity index (χ0v) is 7.99. The van der Waals surface area contributed by atoms with Crippen molar-refractivity contribution >= 4 is 23.9 Å². The molecular weight excluding hydrogens is 192 g/mol. The van der Waals surface area contributed by atoms with Gasteiger partial charge in [0, 0.05) is 9.79 Å². The normalized spacial score (nSPS) is 10.2. The Bertz CT molecular complexity index is 268. The van der Waals surface area contributed by atoms with Crippen molar-refractivity contribution in [2.45, 2.75) is 16.4 Å². The first kappa shape index (κ1) is 9.88. The Hall–Kier alpha value is -0.200. The van der Waals surface area contributed by atoms with E-state index in [-0.39, 0.29) is 6.61 Å². The lowest BCUT2D eigenvalue weighted by Gasteiger charge is -2.04. The summed E-state index contributed by atoms with van der Waals surface area (Å²) in [6.45, 7) is 0.0308. The average Bonchev–Trinajstić information content (AvgIpc) is 2.16. The minimum Gasteiger partial charge on any atom is -0.392 e. The van der Waals surface area contributed by atoms with Crippen molar-refractivity contribution in [1.82, 2.24) is 0 Å². The van der Waals surface area contributed by atoms with Crippen LogP contribution in [0.4, 0.5) is 0 Å². The lowest BCUT2D eigenvalue weighted by Crippen LogP contribution is -1.90. The fraction of sp³-hybridized carbons (Fsp3) is 0.143. The van der Waals surface area contributed by atoms with Gasteiger partial charge in [-0.05, 0) is 41.6 Å². The van der Waals surface area contributed by atoms with Gasteiger partial charge in [0.15, 0.2) is 0 Å². The zero-order valence-electron chi connectivity index (χ0n) is 6.36. The van der Waals surface area contributed by atoms with E-state index in [4.69, 9.17) is 15.4 Å². The second-order valence-electron chi connectivity index (χ2n) is 2.17. The maximum Gasteiger partial charge on any atom is 0.0682 e. The molecule has 0 atom stereocenters. The van der Waals surface area contributed by atoms with Crippen LogP contribution >= 0.6 is 23.9 Å². The summed E-state index contributed by atoms with van der Waals surface area (Å²) < 4.78 is 0. The fourth-order valence-electron chi connectivity index (χ4n) is 0.840. The molecule has 1 aromatic rings. The molecule has 12 heavy (non-hydrogen) atoms. The van der Waals surface area contributed by atoms with E-state index in [0.717, 1.165) is 39.3 Å². The summed E-state index contributed by atoms with van der Waals surface area (Å²) in [5.41, 5.74) is 0.848. The second-order valence-corrected chi connectivity index (χ2v) is 3.53.